The second-order valence-electron chi connectivity index (χ2n) is 8.28. The van der Waals surface area contributed by atoms with Gasteiger partial charge in [0, 0.05) is 64.3 Å². The summed E-state index contributed by atoms with van der Waals surface area (Å²) in [5.74, 6) is 1.00. The van der Waals surface area contributed by atoms with Gasteiger partial charge >= 0.3 is 5.16 Å². The fourth-order valence-corrected chi connectivity index (χ4v) is 4.35. The summed E-state index contributed by atoms with van der Waals surface area (Å²) in [7, 11) is 0. The first kappa shape index (κ1) is 24.5. The van der Waals surface area contributed by atoms with E-state index in [0.29, 0.717) is 31.4 Å². The quantitative estimate of drug-likeness (QED) is 0.437. The molecule has 0 bridgehead atoms. The second-order valence-corrected chi connectivity index (χ2v) is 9.65. The van der Waals surface area contributed by atoms with E-state index in [9.17, 15) is 4.55 Å². The van der Waals surface area contributed by atoms with E-state index in [1.165, 1.54) is 0 Å². The second kappa shape index (κ2) is 10.7. The molecule has 9 heteroatoms. The monoisotopic (exact) mass is 452 g/mol. The van der Waals surface area contributed by atoms with Gasteiger partial charge in [0.1, 0.15) is 5.75 Å². The van der Waals surface area contributed by atoms with Crippen LogP contribution in [-0.4, -0.2) is 75.2 Å². The number of imidazole rings is 1. The van der Waals surface area contributed by atoms with Gasteiger partial charge in [0.05, 0.1) is 36.5 Å². The van der Waals surface area contributed by atoms with Crippen LogP contribution in [0.5, 0.6) is 5.75 Å². The Morgan fingerprint density at radius 1 is 1.23 bits per heavy atom. The number of aromatic nitrogens is 3. The Hall–Kier alpha value is -1.13. The van der Waals surface area contributed by atoms with E-state index in [1.807, 2.05) is 37.3 Å². The Kier molecular flexibility index (Phi) is 8.43. The van der Waals surface area contributed by atoms with E-state index in [1.54, 1.807) is 6.20 Å². The van der Waals surface area contributed by atoms with Gasteiger partial charge in [0.25, 0.3) is 0 Å². The van der Waals surface area contributed by atoms with Crippen molar-refractivity contribution < 1.29 is 18.8 Å². The van der Waals surface area contributed by atoms with Gasteiger partial charge in [-0.05, 0) is 25.1 Å². The van der Waals surface area contributed by atoms with Gasteiger partial charge in [-0.15, -0.1) is 0 Å². The molecule has 0 amide bonds. The van der Waals surface area contributed by atoms with Gasteiger partial charge in [-0.1, -0.05) is 26.0 Å². The van der Waals surface area contributed by atoms with Crippen LogP contribution < -0.4 is 4.74 Å². The maximum Gasteiger partial charge on any atom is 0.322 e. The molecule has 1 unspecified atom stereocenters. The molecule has 1 N–H and O–H groups in total. The number of fused-ring (bicyclic) bond motifs is 1. The van der Waals surface area contributed by atoms with Crippen LogP contribution in [0, 0.1) is 12.3 Å². The number of nitrogens with one attached hydrogen (secondary N) is 1. The molecule has 0 spiro atoms. The van der Waals surface area contributed by atoms with Crippen LogP contribution in [0.4, 0.5) is 0 Å². The molecule has 1 atom stereocenters. The minimum absolute atomic E-state index is 0. The fraction of sp³-hybridized carbons (Fsp3) is 0.455. The number of nitrogens with zero attached hydrogens (tertiary/aromatic N) is 2. The van der Waals surface area contributed by atoms with Crippen molar-refractivity contribution in [2.75, 3.05) is 19.8 Å². The number of ether oxygens (including phenoxy) is 3. The van der Waals surface area contributed by atoms with Gasteiger partial charge in [0.2, 0.25) is 0 Å². The average molecular weight is 453 g/mol. The Morgan fingerprint density at radius 3 is 2.71 bits per heavy atom. The van der Waals surface area contributed by atoms with Crippen LogP contribution in [0.3, 0.4) is 0 Å². The maximum absolute atomic E-state index is 12.8. The molecular formula is C22H27N3NaO4S. The smallest absolute Gasteiger partial charge is 0.322 e. The number of benzene rings is 1. The fourth-order valence-electron chi connectivity index (χ4n) is 3.25. The number of hydrogen-bond donors (Lipinski definition) is 1. The summed E-state index contributed by atoms with van der Waals surface area (Å²) in [6.45, 7) is 8.02. The van der Waals surface area contributed by atoms with Crippen LogP contribution >= 0.6 is 0 Å². The number of pyridine rings is 1. The third-order valence-corrected chi connectivity index (χ3v) is 6.20. The van der Waals surface area contributed by atoms with E-state index in [-0.39, 0.29) is 47.0 Å². The van der Waals surface area contributed by atoms with Crippen molar-refractivity contribution in [1.82, 2.24) is 15.0 Å². The topological polar surface area (TPSA) is 92.3 Å². The summed E-state index contributed by atoms with van der Waals surface area (Å²) >= 11 is -1.33. The largest absolute Gasteiger partial charge is 0.609 e. The number of aromatic amines is 1. The molecule has 0 saturated carbocycles. The molecule has 3 heterocycles. The number of rotatable bonds is 7. The Balaban J connectivity index is 0.00000272. The zero-order valence-electron chi connectivity index (χ0n) is 18.5. The van der Waals surface area contributed by atoms with Crippen LogP contribution in [0.1, 0.15) is 31.5 Å². The van der Waals surface area contributed by atoms with E-state index >= 15 is 0 Å². The van der Waals surface area contributed by atoms with Crippen molar-refractivity contribution in [3.8, 4) is 5.75 Å². The molecule has 1 aliphatic rings. The van der Waals surface area contributed by atoms with E-state index in [4.69, 9.17) is 14.2 Å². The van der Waals surface area contributed by atoms with Crippen molar-refractivity contribution in [3.05, 3.63) is 47.8 Å². The minimum Gasteiger partial charge on any atom is -0.609 e. The minimum atomic E-state index is -1.33. The zero-order valence-corrected chi connectivity index (χ0v) is 21.3. The standard InChI is InChI=1S/C22H27N3O4S.Na/c1-15-18(12-30(26)21-24-16-6-4-5-7-17(16)25-21)23-10-8-19(15)27-11-9-20-28-13-22(2,3)14-29-20;/h4-8,10,20H,9,11-14H2,1-3H3,(H,24,25);. The molecule has 2 aromatic heterocycles. The van der Waals surface area contributed by atoms with Gasteiger partial charge in [0.15, 0.2) is 12.0 Å². The molecular weight excluding hydrogens is 425 g/mol. The Labute approximate surface area is 207 Å². The zero-order chi connectivity index (χ0) is 21.1. The Morgan fingerprint density at radius 2 is 1.97 bits per heavy atom. The van der Waals surface area contributed by atoms with Crippen molar-refractivity contribution in [2.24, 2.45) is 5.41 Å². The van der Waals surface area contributed by atoms with Crippen molar-refractivity contribution in [2.45, 2.75) is 44.4 Å². The molecule has 3 aromatic rings. The molecule has 7 nitrogen and oxygen atoms in total. The molecule has 1 aliphatic heterocycles. The number of para-hydroxylation sites is 2. The molecule has 1 fully saturated rings. The summed E-state index contributed by atoms with van der Waals surface area (Å²) in [6.07, 6.45) is 2.10. The summed E-state index contributed by atoms with van der Waals surface area (Å²) in [5.41, 5.74) is 3.35. The summed E-state index contributed by atoms with van der Waals surface area (Å²) in [5, 5.41) is 0.457. The first-order valence-corrected chi connectivity index (χ1v) is 11.4. The molecule has 1 aromatic carbocycles. The van der Waals surface area contributed by atoms with E-state index < -0.39 is 11.2 Å². The van der Waals surface area contributed by atoms with Crippen LogP contribution in [0.25, 0.3) is 11.0 Å². The number of hydrogen-bond acceptors (Lipinski definition) is 6. The predicted molar refractivity (Wildman–Crippen MR) is 121 cm³/mol. The molecule has 0 aliphatic carbocycles. The predicted octanol–water partition coefficient (Wildman–Crippen LogP) is 3.36. The first-order valence-electron chi connectivity index (χ1n) is 10.0. The molecule has 1 radical (unpaired) electrons. The van der Waals surface area contributed by atoms with Crippen LogP contribution in [-0.2, 0) is 26.4 Å². The molecule has 31 heavy (non-hydrogen) atoms. The normalized spacial score (nSPS) is 17.3. The first-order chi connectivity index (χ1) is 14.4. The molecule has 1 saturated heterocycles. The summed E-state index contributed by atoms with van der Waals surface area (Å²) in [6, 6.07) is 9.47. The third kappa shape index (κ3) is 6.22. The van der Waals surface area contributed by atoms with Gasteiger partial charge in [-0.25, -0.2) is 0 Å². The van der Waals surface area contributed by atoms with Crippen molar-refractivity contribution in [1.29, 1.82) is 0 Å². The SMILES string of the molecule is Cc1c(OCCC2OCC(C)(C)CO2)ccnc1C[S+]([O-])c1nc2ccccc2[nH]1.[Na]. The van der Waals surface area contributed by atoms with E-state index in [0.717, 1.165) is 28.0 Å². The number of H-pyrrole nitrogens is 1. The van der Waals surface area contributed by atoms with E-state index in [2.05, 4.69) is 28.8 Å². The summed E-state index contributed by atoms with van der Waals surface area (Å²) < 4.78 is 30.3. The van der Waals surface area contributed by atoms with Gasteiger partial charge in [-0.2, -0.15) is 4.98 Å². The third-order valence-electron chi connectivity index (χ3n) is 5.04. The van der Waals surface area contributed by atoms with Crippen LogP contribution in [0.15, 0.2) is 41.7 Å². The maximum atomic E-state index is 12.8. The molecule has 4 rings (SSSR count). The van der Waals surface area contributed by atoms with Gasteiger partial charge < -0.3 is 18.8 Å². The van der Waals surface area contributed by atoms with Crippen molar-refractivity contribution in [3.63, 3.8) is 0 Å². The van der Waals surface area contributed by atoms with Gasteiger partial charge in [-0.3, -0.25) is 9.97 Å². The summed E-state index contributed by atoms with van der Waals surface area (Å²) in [4.78, 5) is 12.0. The van der Waals surface area contributed by atoms with Crippen LogP contribution in [0.2, 0.25) is 0 Å². The average Bonchev–Trinajstić information content (AvgIpc) is 3.16. The Bertz CT molecular complexity index is 970. The molecule has 161 valence electrons. The van der Waals surface area contributed by atoms with Crippen molar-refractivity contribution >= 4 is 51.8 Å².